The van der Waals surface area contributed by atoms with Gasteiger partial charge >= 0.3 is 12.1 Å². The summed E-state index contributed by atoms with van der Waals surface area (Å²) < 4.78 is 16.7. The molecule has 1 fully saturated rings. The number of aliphatic hydroxyl groups is 1. The molecule has 0 saturated carbocycles. The molecule has 44 heavy (non-hydrogen) atoms. The molecule has 0 aliphatic carbocycles. The largest absolute Gasteiger partial charge is 0.479 e. The lowest BCUT2D eigenvalue weighted by atomic mass is 10.1. The number of nitrogens with one attached hydrogen (secondary N) is 4. The van der Waals surface area contributed by atoms with Crippen LogP contribution in [0.4, 0.5) is 4.79 Å². The average molecular weight is 626 g/mol. The summed E-state index contributed by atoms with van der Waals surface area (Å²) in [6.45, 7) is 4.70. The fourth-order valence-electron chi connectivity index (χ4n) is 4.33. The zero-order valence-electron chi connectivity index (χ0n) is 25.3. The van der Waals surface area contributed by atoms with Gasteiger partial charge in [0.1, 0.15) is 12.4 Å². The van der Waals surface area contributed by atoms with E-state index in [1.807, 2.05) is 6.92 Å². The molecule has 3 amide bonds. The quantitative estimate of drug-likeness (QED) is 0.0746. The van der Waals surface area contributed by atoms with Gasteiger partial charge in [-0.15, -0.1) is 0 Å². The molecule has 2 rings (SSSR count). The first-order chi connectivity index (χ1) is 21.2. The van der Waals surface area contributed by atoms with Gasteiger partial charge in [-0.05, 0) is 50.0 Å². The monoisotopic (exact) mass is 625 g/mol. The molecule has 3 unspecified atom stereocenters. The number of amides is 3. The van der Waals surface area contributed by atoms with Crippen LogP contribution < -0.4 is 31.9 Å². The number of aliphatic carboxylic acids is 1. The van der Waals surface area contributed by atoms with E-state index in [1.54, 1.807) is 18.2 Å². The topological polar surface area (TPSA) is 220 Å². The first kappa shape index (κ1) is 36.7. The molecule has 1 heterocycles. The maximum Gasteiger partial charge on any atom is 0.407 e. The van der Waals surface area contributed by atoms with Gasteiger partial charge in [0.15, 0.2) is 6.10 Å². The van der Waals surface area contributed by atoms with E-state index in [-0.39, 0.29) is 50.8 Å². The number of unbranched alkanes of at least 4 members (excludes halogenated alkanes) is 2. The van der Waals surface area contributed by atoms with E-state index >= 15 is 0 Å². The molecule has 1 aliphatic heterocycles. The Balaban J connectivity index is 1.94. The molecular weight excluding hydrogens is 578 g/mol. The first-order valence-electron chi connectivity index (χ1n) is 15.0. The first-order valence-corrected chi connectivity index (χ1v) is 15.0. The molecule has 248 valence electrons. The Hall–Kier alpha value is -3.50. The fraction of sp³-hybridized carbons (Fsp3) is 0.655. The van der Waals surface area contributed by atoms with Gasteiger partial charge in [0, 0.05) is 50.9 Å². The highest BCUT2D eigenvalue weighted by atomic mass is 16.7. The summed E-state index contributed by atoms with van der Waals surface area (Å²) in [7, 11) is 0. The molecule has 0 bridgehead atoms. The Morgan fingerprint density at radius 2 is 1.77 bits per heavy atom. The summed E-state index contributed by atoms with van der Waals surface area (Å²) in [4.78, 5) is 52.5. The molecule has 15 nitrogen and oxygen atoms in total. The Morgan fingerprint density at radius 1 is 0.977 bits per heavy atom. The smallest absolute Gasteiger partial charge is 0.407 e. The molecule has 1 aliphatic rings. The number of carbonyl (C=O) groups is 4. The van der Waals surface area contributed by atoms with Crippen LogP contribution in [0.1, 0.15) is 69.4 Å². The standard InChI is InChI=1S/C29H47N5O10/c1-2-31-11-6-12-33-29(40)41-19-20-8-9-23(43-27-17-22(35)16-24(44-27)28(38)39)21(15-20)18-34-26(37)10-13-32-25(36)7-4-3-5-14-42-30/h8-9,15,22,24,27,31,35H,2-7,10-14,16-19,30H2,1H3,(H,32,36)(H,33,40)(H,34,37)(H,38,39). The van der Waals surface area contributed by atoms with Gasteiger partial charge in [-0.3, -0.25) is 9.59 Å². The summed E-state index contributed by atoms with van der Waals surface area (Å²) in [5.41, 5.74) is 1.15. The third kappa shape index (κ3) is 15.3. The van der Waals surface area contributed by atoms with Crippen molar-refractivity contribution < 1.29 is 48.4 Å². The van der Waals surface area contributed by atoms with Crippen LogP contribution in [0.25, 0.3) is 0 Å². The number of carboxylic acid groups (broad SMARTS) is 1. The average Bonchev–Trinajstić information content (AvgIpc) is 2.99. The second-order valence-electron chi connectivity index (χ2n) is 10.3. The Bertz CT molecular complexity index is 1040. The molecule has 0 aromatic heterocycles. The highest BCUT2D eigenvalue weighted by Gasteiger charge is 2.34. The summed E-state index contributed by atoms with van der Waals surface area (Å²) in [5.74, 6) is 3.61. The number of benzene rings is 1. The van der Waals surface area contributed by atoms with Gasteiger partial charge in [0.2, 0.25) is 18.1 Å². The lowest BCUT2D eigenvalue weighted by Crippen LogP contribution is -2.42. The molecule has 8 N–H and O–H groups in total. The Labute approximate surface area is 257 Å². The minimum atomic E-state index is -1.22. The number of hydrogen-bond donors (Lipinski definition) is 7. The van der Waals surface area contributed by atoms with Crippen LogP contribution in [0, 0.1) is 0 Å². The number of alkyl carbamates (subject to hydrolysis) is 1. The lowest BCUT2D eigenvalue weighted by molar-refractivity contribution is -0.195. The van der Waals surface area contributed by atoms with Crippen LogP contribution >= 0.6 is 0 Å². The van der Waals surface area contributed by atoms with Gasteiger partial charge in [-0.1, -0.05) is 19.4 Å². The number of carboxylic acids is 1. The van der Waals surface area contributed by atoms with Gasteiger partial charge in [0.25, 0.3) is 0 Å². The summed E-state index contributed by atoms with van der Waals surface area (Å²) in [5, 5.41) is 30.8. The molecule has 15 heteroatoms. The van der Waals surface area contributed by atoms with E-state index in [0.717, 1.165) is 32.4 Å². The van der Waals surface area contributed by atoms with E-state index < -0.39 is 30.6 Å². The van der Waals surface area contributed by atoms with Crippen molar-refractivity contribution in [3.05, 3.63) is 29.3 Å². The van der Waals surface area contributed by atoms with Crippen molar-refractivity contribution in [2.75, 3.05) is 32.8 Å². The fourth-order valence-corrected chi connectivity index (χ4v) is 4.33. The van der Waals surface area contributed by atoms with Crippen LogP contribution in [-0.2, 0) is 41.8 Å². The molecular formula is C29H47N5O10. The number of hydrogen-bond acceptors (Lipinski definition) is 11. The van der Waals surface area contributed by atoms with Crippen molar-refractivity contribution >= 4 is 23.9 Å². The predicted octanol–water partition coefficient (Wildman–Crippen LogP) is 0.815. The third-order valence-electron chi connectivity index (χ3n) is 6.66. The van der Waals surface area contributed by atoms with Crippen molar-refractivity contribution in [2.45, 2.75) is 89.9 Å². The summed E-state index contributed by atoms with van der Waals surface area (Å²) in [6.07, 6.45) is -0.287. The number of rotatable bonds is 21. The summed E-state index contributed by atoms with van der Waals surface area (Å²) in [6, 6.07) is 4.97. The minimum Gasteiger partial charge on any atom is -0.479 e. The van der Waals surface area contributed by atoms with Gasteiger partial charge < -0.3 is 50.5 Å². The molecule has 1 aromatic carbocycles. The Kier molecular flexibility index (Phi) is 17.7. The molecule has 3 atom stereocenters. The normalized spacial score (nSPS) is 17.8. The van der Waals surface area contributed by atoms with Crippen LogP contribution in [0.5, 0.6) is 5.75 Å². The zero-order chi connectivity index (χ0) is 32.2. The number of ether oxygens (including phenoxy) is 3. The maximum atomic E-state index is 12.5. The maximum absolute atomic E-state index is 12.5. The van der Waals surface area contributed by atoms with Gasteiger partial charge in [0.05, 0.1) is 12.7 Å². The van der Waals surface area contributed by atoms with Crippen molar-refractivity contribution in [1.82, 2.24) is 21.3 Å². The number of carbonyl (C=O) groups excluding carboxylic acids is 3. The second kappa shape index (κ2) is 21.2. The van der Waals surface area contributed by atoms with Crippen LogP contribution in [-0.4, -0.2) is 85.4 Å². The van der Waals surface area contributed by atoms with E-state index in [4.69, 9.17) is 20.1 Å². The van der Waals surface area contributed by atoms with Crippen LogP contribution in [0.2, 0.25) is 0 Å². The Morgan fingerprint density at radius 3 is 2.52 bits per heavy atom. The third-order valence-corrected chi connectivity index (χ3v) is 6.66. The molecule has 1 aromatic rings. The number of aliphatic hydroxyl groups excluding tert-OH is 1. The SMILES string of the molecule is CCNCCCNC(=O)OCc1ccc(OC2CC(O)CC(C(=O)O)O2)c(CNC(=O)CCNC(=O)CCCCCON)c1. The predicted molar refractivity (Wildman–Crippen MR) is 158 cm³/mol. The van der Waals surface area contributed by atoms with E-state index in [1.165, 1.54) is 0 Å². The molecule has 0 spiro atoms. The molecule has 0 radical (unpaired) electrons. The zero-order valence-corrected chi connectivity index (χ0v) is 25.3. The van der Waals surface area contributed by atoms with Crippen molar-refractivity contribution in [2.24, 2.45) is 5.90 Å². The van der Waals surface area contributed by atoms with E-state index in [2.05, 4.69) is 26.1 Å². The van der Waals surface area contributed by atoms with Crippen LogP contribution in [0.3, 0.4) is 0 Å². The van der Waals surface area contributed by atoms with E-state index in [0.29, 0.717) is 42.9 Å². The van der Waals surface area contributed by atoms with Gasteiger partial charge in [-0.2, -0.15) is 0 Å². The number of nitrogens with two attached hydrogens (primary N) is 1. The van der Waals surface area contributed by atoms with Crippen LogP contribution in [0.15, 0.2) is 18.2 Å². The van der Waals surface area contributed by atoms with Crippen molar-refractivity contribution in [3.8, 4) is 5.75 Å². The lowest BCUT2D eigenvalue weighted by Gasteiger charge is -2.31. The summed E-state index contributed by atoms with van der Waals surface area (Å²) >= 11 is 0. The van der Waals surface area contributed by atoms with E-state index in [9.17, 15) is 29.4 Å². The highest BCUT2D eigenvalue weighted by molar-refractivity contribution is 5.79. The minimum absolute atomic E-state index is 0.0351. The van der Waals surface area contributed by atoms with Crippen molar-refractivity contribution in [3.63, 3.8) is 0 Å². The highest BCUT2D eigenvalue weighted by Crippen LogP contribution is 2.27. The van der Waals surface area contributed by atoms with Crippen molar-refractivity contribution in [1.29, 1.82) is 0 Å². The molecule has 1 saturated heterocycles. The second-order valence-corrected chi connectivity index (χ2v) is 10.3. The van der Waals surface area contributed by atoms with Gasteiger partial charge in [-0.25, -0.2) is 15.5 Å².